The van der Waals surface area contributed by atoms with Gasteiger partial charge in [0, 0.05) is 31.9 Å². The Morgan fingerprint density at radius 3 is 2.80 bits per heavy atom. The number of carbonyl (C=O) groups excluding carboxylic acids is 1. The van der Waals surface area contributed by atoms with E-state index >= 15 is 0 Å². The van der Waals surface area contributed by atoms with Gasteiger partial charge in [-0.25, -0.2) is 0 Å². The van der Waals surface area contributed by atoms with E-state index in [0.29, 0.717) is 0 Å². The number of aryl methyl sites for hydroxylation is 1. The summed E-state index contributed by atoms with van der Waals surface area (Å²) in [6.07, 6.45) is 3.41. The maximum atomic E-state index is 11.7. The second-order valence-electron chi connectivity index (χ2n) is 3.69. The van der Waals surface area contributed by atoms with Crippen LogP contribution in [0.1, 0.15) is 6.92 Å². The number of rotatable bonds is 2. The van der Waals surface area contributed by atoms with Gasteiger partial charge >= 0.3 is 0 Å². The Kier molecular flexibility index (Phi) is 2.55. The van der Waals surface area contributed by atoms with E-state index in [2.05, 4.69) is 15.7 Å². The highest BCUT2D eigenvalue weighted by atomic mass is 16.1. The molecule has 1 amide bonds. The van der Waals surface area contributed by atoms with Gasteiger partial charge in [-0.3, -0.25) is 9.48 Å². The third-order valence-corrected chi connectivity index (χ3v) is 2.51. The summed E-state index contributed by atoms with van der Waals surface area (Å²) in [4.78, 5) is 11.7. The summed E-state index contributed by atoms with van der Waals surface area (Å²) in [5, 5.41) is 9.90. The molecule has 1 aliphatic rings. The molecule has 0 radical (unpaired) electrons. The first-order valence-electron chi connectivity index (χ1n) is 4.86. The first kappa shape index (κ1) is 9.92. The van der Waals surface area contributed by atoms with Crippen LogP contribution in [0.15, 0.2) is 23.5 Å². The van der Waals surface area contributed by atoms with Crippen LogP contribution in [0.5, 0.6) is 0 Å². The largest absolute Gasteiger partial charge is 0.320 e. The summed E-state index contributed by atoms with van der Waals surface area (Å²) in [6.45, 7) is 3.50. The van der Waals surface area contributed by atoms with Gasteiger partial charge in [0.05, 0.1) is 11.9 Å². The molecule has 2 N–H and O–H groups in total. The molecule has 0 saturated carbocycles. The summed E-state index contributed by atoms with van der Waals surface area (Å²) >= 11 is 0. The number of amides is 1. The lowest BCUT2D eigenvalue weighted by atomic mass is 10.0. The van der Waals surface area contributed by atoms with E-state index < -0.39 is 0 Å². The highest BCUT2D eigenvalue weighted by molar-refractivity contribution is 6.03. The predicted octanol–water partition coefficient (Wildman–Crippen LogP) is 0.278. The summed E-state index contributed by atoms with van der Waals surface area (Å²) in [5.74, 6) is -0.0421. The molecule has 0 bridgehead atoms. The average Bonchev–Trinajstić information content (AvgIpc) is 2.48. The maximum Gasteiger partial charge on any atom is 0.251 e. The van der Waals surface area contributed by atoms with Crippen LogP contribution in [0.25, 0.3) is 0 Å². The van der Waals surface area contributed by atoms with Gasteiger partial charge in [0.1, 0.15) is 0 Å². The van der Waals surface area contributed by atoms with Gasteiger partial charge in [-0.2, -0.15) is 5.10 Å². The summed E-state index contributed by atoms with van der Waals surface area (Å²) in [5.41, 5.74) is 2.71. The maximum absolute atomic E-state index is 11.7. The Balaban J connectivity index is 2.03. The number of carbonyl (C=O) groups is 1. The van der Waals surface area contributed by atoms with Crippen molar-refractivity contribution in [1.29, 1.82) is 0 Å². The van der Waals surface area contributed by atoms with E-state index in [0.717, 1.165) is 24.4 Å². The predicted molar refractivity (Wildman–Crippen MR) is 57.4 cm³/mol. The molecule has 5 nitrogen and oxygen atoms in total. The van der Waals surface area contributed by atoms with Crippen molar-refractivity contribution in [3.05, 3.63) is 23.5 Å². The van der Waals surface area contributed by atoms with Crippen LogP contribution in [-0.2, 0) is 11.8 Å². The second-order valence-corrected chi connectivity index (χ2v) is 3.69. The van der Waals surface area contributed by atoms with Gasteiger partial charge in [-0.1, -0.05) is 0 Å². The van der Waals surface area contributed by atoms with E-state index in [9.17, 15) is 4.79 Å². The molecule has 2 heterocycles. The van der Waals surface area contributed by atoms with Crippen molar-refractivity contribution >= 4 is 11.6 Å². The van der Waals surface area contributed by atoms with Crippen LogP contribution in [0.4, 0.5) is 5.69 Å². The topological polar surface area (TPSA) is 59.0 Å². The molecule has 5 heteroatoms. The fourth-order valence-electron chi connectivity index (χ4n) is 1.39. The van der Waals surface area contributed by atoms with Gasteiger partial charge in [0.15, 0.2) is 0 Å². The molecule has 0 atom stereocenters. The number of aromatic nitrogens is 2. The smallest absolute Gasteiger partial charge is 0.251 e. The molecule has 1 aromatic heterocycles. The van der Waals surface area contributed by atoms with Crippen molar-refractivity contribution in [3.8, 4) is 0 Å². The van der Waals surface area contributed by atoms with E-state index in [1.54, 1.807) is 17.1 Å². The van der Waals surface area contributed by atoms with Gasteiger partial charge in [-0.05, 0) is 12.5 Å². The SMILES string of the molecule is CC(C(=O)Nc1cnn(C)c1)=C1CNC1. The molecule has 80 valence electrons. The zero-order valence-corrected chi connectivity index (χ0v) is 8.87. The molecule has 1 aromatic rings. The number of hydrogen-bond donors (Lipinski definition) is 2. The van der Waals surface area contributed by atoms with Crippen molar-refractivity contribution in [1.82, 2.24) is 15.1 Å². The van der Waals surface area contributed by atoms with E-state index in [1.165, 1.54) is 5.57 Å². The zero-order valence-electron chi connectivity index (χ0n) is 8.87. The summed E-state index contributed by atoms with van der Waals surface area (Å²) in [6, 6.07) is 0. The fourth-order valence-corrected chi connectivity index (χ4v) is 1.39. The zero-order chi connectivity index (χ0) is 10.8. The van der Waals surface area contributed by atoms with Crippen molar-refractivity contribution in [2.75, 3.05) is 18.4 Å². The third kappa shape index (κ3) is 2.07. The lowest BCUT2D eigenvalue weighted by Crippen LogP contribution is -2.36. The molecule has 1 saturated heterocycles. The molecular formula is C10H14N4O. The van der Waals surface area contributed by atoms with Crippen molar-refractivity contribution < 1.29 is 4.79 Å². The van der Waals surface area contributed by atoms with Gasteiger partial charge in [0.25, 0.3) is 5.91 Å². The molecule has 2 rings (SSSR count). The minimum Gasteiger partial charge on any atom is -0.320 e. The number of anilines is 1. The van der Waals surface area contributed by atoms with Crippen molar-refractivity contribution in [3.63, 3.8) is 0 Å². The van der Waals surface area contributed by atoms with Crippen LogP contribution in [0.3, 0.4) is 0 Å². The lowest BCUT2D eigenvalue weighted by Gasteiger charge is -2.21. The Morgan fingerprint density at radius 2 is 2.33 bits per heavy atom. The Bertz CT molecular complexity index is 413. The van der Waals surface area contributed by atoms with Gasteiger partial charge < -0.3 is 10.6 Å². The van der Waals surface area contributed by atoms with Gasteiger partial charge in [-0.15, -0.1) is 0 Å². The molecule has 1 aliphatic heterocycles. The fraction of sp³-hybridized carbons (Fsp3) is 0.400. The number of hydrogen-bond acceptors (Lipinski definition) is 3. The average molecular weight is 206 g/mol. The lowest BCUT2D eigenvalue weighted by molar-refractivity contribution is -0.112. The highest BCUT2D eigenvalue weighted by Gasteiger charge is 2.16. The molecule has 0 unspecified atom stereocenters. The minimum absolute atomic E-state index is 0.0421. The van der Waals surface area contributed by atoms with E-state index in [4.69, 9.17) is 0 Å². The molecular weight excluding hydrogens is 192 g/mol. The van der Waals surface area contributed by atoms with Crippen LogP contribution in [0, 0.1) is 0 Å². The Hall–Kier alpha value is -1.62. The molecule has 0 aliphatic carbocycles. The summed E-state index contributed by atoms with van der Waals surface area (Å²) in [7, 11) is 1.82. The van der Waals surface area contributed by atoms with E-state index in [1.807, 2.05) is 14.0 Å². The van der Waals surface area contributed by atoms with Crippen LogP contribution in [-0.4, -0.2) is 28.8 Å². The third-order valence-electron chi connectivity index (χ3n) is 2.51. The molecule has 0 aromatic carbocycles. The van der Waals surface area contributed by atoms with Crippen LogP contribution in [0.2, 0.25) is 0 Å². The Morgan fingerprint density at radius 1 is 1.60 bits per heavy atom. The van der Waals surface area contributed by atoms with E-state index in [-0.39, 0.29) is 5.91 Å². The summed E-state index contributed by atoms with van der Waals surface area (Å²) < 4.78 is 1.66. The molecule has 15 heavy (non-hydrogen) atoms. The number of nitrogens with zero attached hydrogens (tertiary/aromatic N) is 2. The van der Waals surface area contributed by atoms with Gasteiger partial charge in [0.2, 0.25) is 0 Å². The monoisotopic (exact) mass is 206 g/mol. The quantitative estimate of drug-likeness (QED) is 0.683. The first-order valence-corrected chi connectivity index (χ1v) is 4.86. The first-order chi connectivity index (χ1) is 7.16. The second kappa shape index (κ2) is 3.86. The van der Waals surface area contributed by atoms with Crippen molar-refractivity contribution in [2.45, 2.75) is 6.92 Å². The number of nitrogens with one attached hydrogen (secondary N) is 2. The van der Waals surface area contributed by atoms with Crippen LogP contribution < -0.4 is 10.6 Å². The van der Waals surface area contributed by atoms with Crippen molar-refractivity contribution in [2.24, 2.45) is 7.05 Å². The molecule has 0 spiro atoms. The standard InChI is InChI=1S/C10H14N4O/c1-7(8-3-11-4-8)10(15)13-9-5-12-14(2)6-9/h5-6,11H,3-4H2,1-2H3,(H,13,15). The highest BCUT2D eigenvalue weighted by Crippen LogP contribution is 2.12. The minimum atomic E-state index is -0.0421. The van der Waals surface area contributed by atoms with Crippen LogP contribution >= 0.6 is 0 Å². The Labute approximate surface area is 88.2 Å². The normalized spacial score (nSPS) is 14.7. The molecule has 1 fully saturated rings.